The Morgan fingerprint density at radius 2 is 1.69 bits per heavy atom. The molecule has 4 unspecified atom stereocenters. The van der Waals surface area contributed by atoms with Gasteiger partial charge in [0.25, 0.3) is 5.79 Å². The van der Waals surface area contributed by atoms with E-state index in [1.165, 1.54) is 0 Å². The highest BCUT2D eigenvalue weighted by atomic mass is 16.7. The van der Waals surface area contributed by atoms with Gasteiger partial charge in [-0.25, -0.2) is 4.79 Å². The lowest BCUT2D eigenvalue weighted by Gasteiger charge is -2.43. The van der Waals surface area contributed by atoms with Crippen LogP contribution in [0.3, 0.4) is 0 Å². The van der Waals surface area contributed by atoms with Crippen molar-refractivity contribution in [2.45, 2.75) is 73.4 Å². The minimum Gasteiger partial charge on any atom is -0.477 e. The van der Waals surface area contributed by atoms with Gasteiger partial charge < -0.3 is 65.3 Å². The molecule has 0 saturated carbocycles. The number of carboxylic acid groups (broad SMARTS) is 1. The largest absolute Gasteiger partial charge is 0.477 e. The maximum atomic E-state index is 11.1. The Balaban J connectivity index is 2.00. The summed E-state index contributed by atoms with van der Waals surface area (Å²) < 4.78 is 14.9. The first kappa shape index (κ1) is 24.3. The van der Waals surface area contributed by atoms with Gasteiger partial charge in [0.2, 0.25) is 0 Å². The Morgan fingerprint density at radius 1 is 1.07 bits per heavy atom. The van der Waals surface area contributed by atoms with Crippen LogP contribution in [0.4, 0.5) is 0 Å². The Hall–Kier alpha value is -1.01. The minimum atomic E-state index is -2.91. The fraction of sp³-hybridized carbons (Fsp3) is 0.933. The molecule has 0 bridgehead atoms. The van der Waals surface area contributed by atoms with Crippen molar-refractivity contribution in [3.63, 3.8) is 0 Å². The normalized spacial score (nSPS) is 45.6. The molecule has 29 heavy (non-hydrogen) atoms. The van der Waals surface area contributed by atoms with Crippen LogP contribution < -0.4 is 0 Å². The van der Waals surface area contributed by atoms with E-state index in [0.29, 0.717) is 0 Å². The monoisotopic (exact) mass is 430 g/mol. The van der Waals surface area contributed by atoms with E-state index in [4.69, 9.17) is 24.4 Å². The van der Waals surface area contributed by atoms with Crippen LogP contribution in [0.1, 0.15) is 6.42 Å². The molecule has 2 aliphatic heterocycles. The van der Waals surface area contributed by atoms with Crippen molar-refractivity contribution in [2.75, 3.05) is 13.2 Å². The maximum Gasteiger partial charge on any atom is 0.364 e. The topological polar surface area (TPSA) is 247 Å². The Labute approximate surface area is 163 Å². The number of ether oxygens (including phenoxy) is 3. The van der Waals surface area contributed by atoms with Gasteiger partial charge in [-0.3, -0.25) is 0 Å². The lowest BCUT2D eigenvalue weighted by molar-refractivity contribution is -0.321. The summed E-state index contributed by atoms with van der Waals surface area (Å²) in [7, 11) is 0. The fourth-order valence-corrected chi connectivity index (χ4v) is 3.09. The van der Waals surface area contributed by atoms with Gasteiger partial charge in [-0.1, -0.05) is 0 Å². The van der Waals surface area contributed by atoms with Crippen molar-refractivity contribution in [3.05, 3.63) is 0 Å². The molecule has 170 valence electrons. The van der Waals surface area contributed by atoms with Crippen molar-refractivity contribution >= 4 is 5.97 Å². The number of aliphatic hydroxyl groups excluding tert-OH is 8. The number of carboxylic acids is 1. The number of rotatable bonds is 7. The molecular weight excluding hydrogens is 404 g/mol. The molecule has 2 rings (SSSR count). The summed E-state index contributed by atoms with van der Waals surface area (Å²) in [5.41, 5.74) is 0. The summed E-state index contributed by atoms with van der Waals surface area (Å²) in [6.45, 7) is -1.53. The fourth-order valence-electron chi connectivity index (χ4n) is 3.09. The number of aliphatic hydroxyl groups is 9. The summed E-state index contributed by atoms with van der Waals surface area (Å²) in [4.78, 5) is 11.1. The summed E-state index contributed by atoms with van der Waals surface area (Å²) in [5, 5.41) is 97.1. The van der Waals surface area contributed by atoms with Crippen molar-refractivity contribution in [1.82, 2.24) is 0 Å². The summed E-state index contributed by atoms with van der Waals surface area (Å²) in [5.74, 6) is -4.80. The molecule has 2 fully saturated rings. The molecule has 0 radical (unpaired) electrons. The highest BCUT2D eigenvalue weighted by Crippen LogP contribution is 2.30. The SMILES string of the molecule is O=C(O)[C@]1(O)C[C@@H](O)[C@@H](O)C([C@H](O)[C@H](O)CO[C@H]2OC(CO)[C@H](O)C(O)C2O)O1. The summed E-state index contributed by atoms with van der Waals surface area (Å²) >= 11 is 0. The Bertz CT molecular complexity index is 559. The zero-order valence-corrected chi connectivity index (χ0v) is 15.0. The molecule has 14 nitrogen and oxygen atoms in total. The minimum absolute atomic E-state index is 0.719. The van der Waals surface area contributed by atoms with Crippen LogP contribution in [0, 0.1) is 0 Å². The number of hydrogen-bond acceptors (Lipinski definition) is 13. The molecule has 0 aromatic heterocycles. The average molecular weight is 430 g/mol. The van der Waals surface area contributed by atoms with E-state index in [-0.39, 0.29) is 0 Å². The van der Waals surface area contributed by atoms with Gasteiger partial charge in [0, 0.05) is 6.42 Å². The van der Waals surface area contributed by atoms with Gasteiger partial charge in [-0.05, 0) is 0 Å². The molecule has 2 saturated heterocycles. The van der Waals surface area contributed by atoms with Gasteiger partial charge in [0.05, 0.1) is 19.3 Å². The second kappa shape index (κ2) is 9.42. The quantitative estimate of drug-likeness (QED) is 0.180. The molecule has 10 N–H and O–H groups in total. The van der Waals surface area contributed by atoms with Gasteiger partial charge in [-0.2, -0.15) is 0 Å². The third-order valence-electron chi connectivity index (χ3n) is 4.89. The number of aliphatic carboxylic acids is 1. The van der Waals surface area contributed by atoms with Gasteiger partial charge >= 0.3 is 5.97 Å². The molecule has 2 aliphatic rings. The van der Waals surface area contributed by atoms with E-state index < -0.39 is 92.6 Å². The zero-order valence-electron chi connectivity index (χ0n) is 15.0. The number of hydrogen-bond donors (Lipinski definition) is 10. The predicted molar refractivity (Wildman–Crippen MR) is 85.8 cm³/mol. The van der Waals surface area contributed by atoms with E-state index in [2.05, 4.69) is 0 Å². The van der Waals surface area contributed by atoms with Crippen LogP contribution in [0.5, 0.6) is 0 Å². The standard InChI is InChI=1S/C15H26O14/c16-2-6-9(21)10(22)11(23)13(28-6)27-3-5(18)8(20)12-7(19)4(17)1-15(26,29-12)14(24)25/h4-13,16-23,26H,1-3H2,(H,24,25)/t4-,5-,6?,7-,8-,9+,10?,11?,12?,13+,15+/m1/s1. The first-order chi connectivity index (χ1) is 13.4. The third-order valence-corrected chi connectivity index (χ3v) is 4.89. The van der Waals surface area contributed by atoms with Gasteiger partial charge in [0.1, 0.15) is 48.8 Å². The van der Waals surface area contributed by atoms with Gasteiger partial charge in [0.15, 0.2) is 6.29 Å². The molecule has 11 atom stereocenters. The van der Waals surface area contributed by atoms with E-state index in [9.17, 15) is 45.6 Å². The predicted octanol–water partition coefficient (Wildman–Crippen LogP) is -6.19. The second-order valence-electron chi connectivity index (χ2n) is 7.02. The molecule has 14 heteroatoms. The zero-order chi connectivity index (χ0) is 22.1. The summed E-state index contributed by atoms with van der Waals surface area (Å²) in [6.07, 6.45) is -18.4. The molecule has 0 aromatic carbocycles. The van der Waals surface area contributed by atoms with Crippen LogP contribution >= 0.6 is 0 Å². The first-order valence-corrected chi connectivity index (χ1v) is 8.71. The third kappa shape index (κ3) is 5.01. The maximum absolute atomic E-state index is 11.1. The van der Waals surface area contributed by atoms with E-state index in [1.54, 1.807) is 0 Å². The molecule has 0 aliphatic carbocycles. The van der Waals surface area contributed by atoms with Crippen LogP contribution in [0.2, 0.25) is 0 Å². The first-order valence-electron chi connectivity index (χ1n) is 8.71. The van der Waals surface area contributed by atoms with E-state index in [1.807, 2.05) is 0 Å². The lowest BCUT2D eigenvalue weighted by Crippen LogP contribution is -2.63. The van der Waals surface area contributed by atoms with E-state index in [0.717, 1.165) is 0 Å². The molecule has 0 spiro atoms. The van der Waals surface area contributed by atoms with Gasteiger partial charge in [-0.15, -0.1) is 0 Å². The lowest BCUT2D eigenvalue weighted by atomic mass is 9.91. The molecule has 0 amide bonds. The smallest absolute Gasteiger partial charge is 0.364 e. The van der Waals surface area contributed by atoms with E-state index >= 15 is 0 Å². The van der Waals surface area contributed by atoms with Crippen LogP contribution in [-0.4, -0.2) is 137 Å². The Kier molecular flexibility index (Phi) is 7.88. The van der Waals surface area contributed by atoms with Crippen molar-refractivity contribution in [2.24, 2.45) is 0 Å². The molecule has 2 heterocycles. The molecule has 0 aromatic rings. The number of carbonyl (C=O) groups is 1. The highest BCUT2D eigenvalue weighted by Gasteiger charge is 2.53. The summed E-state index contributed by atoms with van der Waals surface area (Å²) in [6, 6.07) is 0. The molecular formula is C15H26O14. The van der Waals surface area contributed by atoms with Crippen LogP contribution in [0.25, 0.3) is 0 Å². The average Bonchev–Trinajstić information content (AvgIpc) is 2.67. The van der Waals surface area contributed by atoms with Crippen molar-refractivity contribution < 1.29 is 70.1 Å². The van der Waals surface area contributed by atoms with Crippen molar-refractivity contribution in [1.29, 1.82) is 0 Å². The van der Waals surface area contributed by atoms with Crippen LogP contribution in [-0.2, 0) is 19.0 Å². The highest BCUT2D eigenvalue weighted by molar-refractivity contribution is 5.75. The Morgan fingerprint density at radius 3 is 2.24 bits per heavy atom. The van der Waals surface area contributed by atoms with Crippen LogP contribution in [0.15, 0.2) is 0 Å². The van der Waals surface area contributed by atoms with Crippen molar-refractivity contribution in [3.8, 4) is 0 Å². The second-order valence-corrected chi connectivity index (χ2v) is 7.02.